The molecule has 0 saturated heterocycles. The Morgan fingerprint density at radius 3 is 2.33 bits per heavy atom. The van der Waals surface area contributed by atoms with E-state index in [2.05, 4.69) is 42.8 Å². The highest BCUT2D eigenvalue weighted by atomic mass is 16.6. The summed E-state index contributed by atoms with van der Waals surface area (Å²) < 4.78 is 2.19. The second-order valence-electron chi connectivity index (χ2n) is 11.1. The number of aromatic nitrogens is 1. The van der Waals surface area contributed by atoms with Crippen molar-refractivity contribution in [2.45, 2.75) is 71.5 Å². The summed E-state index contributed by atoms with van der Waals surface area (Å²) in [7, 11) is 0. The Hall–Kier alpha value is -3.94. The lowest BCUT2D eigenvalue weighted by Gasteiger charge is -2.36. The van der Waals surface area contributed by atoms with Gasteiger partial charge in [-0.1, -0.05) is 63.4 Å². The number of rotatable bonds is 12. The van der Waals surface area contributed by atoms with Gasteiger partial charge in [0, 0.05) is 48.7 Å². The van der Waals surface area contributed by atoms with Crippen molar-refractivity contribution in [2.24, 2.45) is 5.92 Å². The van der Waals surface area contributed by atoms with Crippen LogP contribution in [0.3, 0.4) is 0 Å². The third-order valence-corrected chi connectivity index (χ3v) is 7.70. The van der Waals surface area contributed by atoms with Gasteiger partial charge in [-0.2, -0.15) is 0 Å². The number of hydrogen-bond donors (Lipinski definition) is 0. The highest BCUT2D eigenvalue weighted by molar-refractivity contribution is 5.96. The van der Waals surface area contributed by atoms with Gasteiger partial charge < -0.3 is 14.4 Å². The van der Waals surface area contributed by atoms with E-state index in [0.29, 0.717) is 24.6 Å². The molecular weight excluding hydrogens is 504 g/mol. The van der Waals surface area contributed by atoms with E-state index < -0.39 is 4.92 Å². The van der Waals surface area contributed by atoms with Gasteiger partial charge in [0.05, 0.1) is 11.5 Å². The lowest BCUT2D eigenvalue weighted by Crippen LogP contribution is -2.48. The topological polar surface area (TPSA) is 88.7 Å². The van der Waals surface area contributed by atoms with Crippen LogP contribution in [0.1, 0.15) is 74.0 Å². The molecule has 212 valence electrons. The number of hydrogen-bond acceptors (Lipinski definition) is 4. The number of non-ortho nitro benzene ring substituents is 1. The zero-order chi connectivity index (χ0) is 28.5. The Morgan fingerprint density at radius 2 is 1.68 bits per heavy atom. The summed E-state index contributed by atoms with van der Waals surface area (Å²) in [6.45, 7) is 5.83. The SMILES string of the molecule is CC(C)CCN(CC(=O)N(Cc1cccn1Cc1ccccc1)C1CCCCC1)C(=O)c1ccc([N+](=O)[O-])cc1. The van der Waals surface area contributed by atoms with Gasteiger partial charge in [0.1, 0.15) is 6.54 Å². The van der Waals surface area contributed by atoms with Crippen LogP contribution in [0.2, 0.25) is 0 Å². The van der Waals surface area contributed by atoms with Gasteiger partial charge >= 0.3 is 0 Å². The maximum Gasteiger partial charge on any atom is 0.269 e. The second-order valence-corrected chi connectivity index (χ2v) is 11.1. The van der Waals surface area contributed by atoms with Gasteiger partial charge in [0.25, 0.3) is 11.6 Å². The van der Waals surface area contributed by atoms with Crippen molar-refractivity contribution >= 4 is 17.5 Å². The van der Waals surface area contributed by atoms with Crippen molar-refractivity contribution in [1.29, 1.82) is 0 Å². The monoisotopic (exact) mass is 544 g/mol. The van der Waals surface area contributed by atoms with Crippen molar-refractivity contribution in [1.82, 2.24) is 14.4 Å². The Morgan fingerprint density at radius 1 is 0.975 bits per heavy atom. The molecule has 2 amide bonds. The number of carbonyl (C=O) groups excluding carboxylic acids is 2. The summed E-state index contributed by atoms with van der Waals surface area (Å²) >= 11 is 0. The summed E-state index contributed by atoms with van der Waals surface area (Å²) in [5, 5.41) is 11.1. The van der Waals surface area contributed by atoms with Gasteiger partial charge in [-0.25, -0.2) is 0 Å². The lowest BCUT2D eigenvalue weighted by atomic mass is 9.94. The molecule has 0 bridgehead atoms. The van der Waals surface area contributed by atoms with E-state index in [1.165, 1.54) is 36.2 Å². The van der Waals surface area contributed by atoms with Crippen LogP contribution in [0.25, 0.3) is 0 Å². The highest BCUT2D eigenvalue weighted by Crippen LogP contribution is 2.25. The second kappa shape index (κ2) is 13.9. The van der Waals surface area contributed by atoms with Crippen LogP contribution in [0.15, 0.2) is 72.9 Å². The van der Waals surface area contributed by atoms with E-state index in [4.69, 9.17) is 0 Å². The number of amides is 2. The van der Waals surface area contributed by atoms with Crippen molar-refractivity contribution in [3.8, 4) is 0 Å². The summed E-state index contributed by atoms with van der Waals surface area (Å²) in [5.41, 5.74) is 2.55. The maximum atomic E-state index is 14.0. The summed E-state index contributed by atoms with van der Waals surface area (Å²) in [5.74, 6) is 0.0243. The minimum Gasteiger partial charge on any atom is -0.345 e. The molecule has 0 spiro atoms. The fraction of sp³-hybridized carbons (Fsp3) is 0.438. The molecule has 4 rings (SSSR count). The van der Waals surface area contributed by atoms with Crippen molar-refractivity contribution in [3.63, 3.8) is 0 Å². The van der Waals surface area contributed by atoms with E-state index in [0.717, 1.165) is 44.3 Å². The van der Waals surface area contributed by atoms with Crippen LogP contribution in [-0.4, -0.2) is 50.2 Å². The summed E-state index contributed by atoms with van der Waals surface area (Å²) in [4.78, 5) is 41.7. The molecule has 1 aliphatic carbocycles. The predicted molar refractivity (Wildman–Crippen MR) is 156 cm³/mol. The average Bonchev–Trinajstić information content (AvgIpc) is 3.40. The van der Waals surface area contributed by atoms with Gasteiger partial charge in [-0.05, 0) is 55.0 Å². The number of nitro groups is 1. The molecule has 0 unspecified atom stereocenters. The molecule has 1 saturated carbocycles. The fourth-order valence-electron chi connectivity index (χ4n) is 5.34. The highest BCUT2D eigenvalue weighted by Gasteiger charge is 2.29. The molecule has 1 heterocycles. The molecule has 1 aromatic heterocycles. The first-order valence-corrected chi connectivity index (χ1v) is 14.3. The van der Waals surface area contributed by atoms with Gasteiger partial charge in [0.2, 0.25) is 5.91 Å². The molecule has 2 aromatic carbocycles. The quantitative estimate of drug-likeness (QED) is 0.198. The van der Waals surface area contributed by atoms with Crippen LogP contribution in [0, 0.1) is 16.0 Å². The van der Waals surface area contributed by atoms with E-state index in [9.17, 15) is 19.7 Å². The van der Waals surface area contributed by atoms with E-state index in [1.807, 2.05) is 29.2 Å². The first kappa shape index (κ1) is 29.1. The van der Waals surface area contributed by atoms with Gasteiger partial charge in [-0.15, -0.1) is 0 Å². The minimum atomic E-state index is -0.482. The van der Waals surface area contributed by atoms with E-state index >= 15 is 0 Å². The van der Waals surface area contributed by atoms with Gasteiger partial charge in [-0.3, -0.25) is 19.7 Å². The summed E-state index contributed by atoms with van der Waals surface area (Å²) in [6.07, 6.45) is 8.12. The minimum absolute atomic E-state index is 0.0154. The number of benzene rings is 2. The average molecular weight is 545 g/mol. The molecule has 8 nitrogen and oxygen atoms in total. The van der Waals surface area contributed by atoms with E-state index in [1.54, 1.807) is 4.90 Å². The maximum absolute atomic E-state index is 14.0. The zero-order valence-electron chi connectivity index (χ0n) is 23.6. The smallest absolute Gasteiger partial charge is 0.269 e. The third-order valence-electron chi connectivity index (χ3n) is 7.70. The standard InChI is InChI=1S/C32H40N4O4/c1-25(2)19-21-34(32(38)27-15-17-29(18-16-27)36(39)40)24-31(37)35(28-12-7-4-8-13-28)23-30-14-9-20-33(30)22-26-10-5-3-6-11-26/h3,5-6,9-11,14-18,20,25,28H,4,7-8,12-13,19,21-24H2,1-2H3. The molecule has 1 aliphatic rings. The third kappa shape index (κ3) is 7.81. The van der Waals surface area contributed by atoms with Gasteiger partial charge in [0.15, 0.2) is 0 Å². The van der Waals surface area contributed by atoms with Crippen molar-refractivity contribution in [3.05, 3.63) is 99.9 Å². The van der Waals surface area contributed by atoms with Crippen molar-refractivity contribution < 1.29 is 14.5 Å². The Labute approximate surface area is 236 Å². The molecule has 1 fully saturated rings. The lowest BCUT2D eigenvalue weighted by molar-refractivity contribution is -0.384. The number of nitro benzene ring substituents is 1. The van der Waals surface area contributed by atoms with Crippen LogP contribution in [0.5, 0.6) is 0 Å². The first-order valence-electron chi connectivity index (χ1n) is 14.3. The normalized spacial score (nSPS) is 13.8. The largest absolute Gasteiger partial charge is 0.345 e. The predicted octanol–water partition coefficient (Wildman–Crippen LogP) is 6.29. The Balaban J connectivity index is 1.55. The van der Waals surface area contributed by atoms with Crippen LogP contribution in [0.4, 0.5) is 5.69 Å². The van der Waals surface area contributed by atoms with Crippen molar-refractivity contribution in [2.75, 3.05) is 13.1 Å². The molecule has 0 radical (unpaired) electrons. The van der Waals surface area contributed by atoms with Crippen LogP contribution < -0.4 is 0 Å². The van der Waals surface area contributed by atoms with Crippen LogP contribution >= 0.6 is 0 Å². The molecule has 40 heavy (non-hydrogen) atoms. The molecule has 8 heteroatoms. The molecular formula is C32H40N4O4. The first-order chi connectivity index (χ1) is 19.3. The fourth-order valence-corrected chi connectivity index (χ4v) is 5.34. The van der Waals surface area contributed by atoms with E-state index in [-0.39, 0.29) is 30.1 Å². The Kier molecular flexibility index (Phi) is 10.1. The zero-order valence-corrected chi connectivity index (χ0v) is 23.6. The Bertz CT molecular complexity index is 1260. The molecule has 0 atom stereocenters. The molecule has 0 N–H and O–H groups in total. The number of nitrogens with zero attached hydrogens (tertiary/aromatic N) is 4. The summed E-state index contributed by atoms with van der Waals surface area (Å²) in [6, 6.07) is 20.1. The number of carbonyl (C=O) groups is 2. The van der Waals surface area contributed by atoms with Crippen LogP contribution in [-0.2, 0) is 17.9 Å². The molecule has 3 aromatic rings. The molecule has 0 aliphatic heterocycles.